The Hall–Kier alpha value is -4.97. The lowest BCUT2D eigenvalue weighted by Crippen LogP contribution is -2.43. The lowest BCUT2D eigenvalue weighted by molar-refractivity contribution is -0.145. The van der Waals surface area contributed by atoms with Gasteiger partial charge in [0.25, 0.3) is 5.91 Å². The van der Waals surface area contributed by atoms with Crippen molar-refractivity contribution in [3.8, 4) is 11.1 Å². The van der Waals surface area contributed by atoms with Gasteiger partial charge in [-0.25, -0.2) is 0 Å². The highest BCUT2D eigenvalue weighted by Gasteiger charge is 2.30. The third-order valence-electron chi connectivity index (χ3n) is 7.04. The summed E-state index contributed by atoms with van der Waals surface area (Å²) in [6.07, 6.45) is 4.95. The Kier molecular flexibility index (Phi) is 9.84. The van der Waals surface area contributed by atoms with Crippen LogP contribution in [0.25, 0.3) is 17.2 Å². The van der Waals surface area contributed by atoms with E-state index in [4.69, 9.17) is 15.9 Å². The number of nitrogens with one attached hydrogen (secondary N) is 2. The molecule has 0 bridgehead atoms. The van der Waals surface area contributed by atoms with Crippen LogP contribution >= 0.6 is 0 Å². The third-order valence-corrected chi connectivity index (χ3v) is 7.04. The van der Waals surface area contributed by atoms with Crippen molar-refractivity contribution >= 4 is 23.8 Å². The molecular formula is C35H35N3O3. The quantitative estimate of drug-likeness (QED) is 0.121. The molecule has 6 heteroatoms. The van der Waals surface area contributed by atoms with E-state index < -0.39 is 17.9 Å². The number of esters is 1. The second-order valence-corrected chi connectivity index (χ2v) is 9.85. The molecule has 41 heavy (non-hydrogen) atoms. The maximum atomic E-state index is 13.5. The molecule has 0 radical (unpaired) electrons. The molecular weight excluding hydrogens is 510 g/mol. The summed E-state index contributed by atoms with van der Waals surface area (Å²) in [5.74, 6) is -1.53. The number of nitrogen functional groups attached to an aromatic ring is 1. The maximum absolute atomic E-state index is 13.5. The van der Waals surface area contributed by atoms with Gasteiger partial charge in [0.1, 0.15) is 5.84 Å². The van der Waals surface area contributed by atoms with Gasteiger partial charge in [0.05, 0.1) is 19.1 Å². The van der Waals surface area contributed by atoms with Crippen LogP contribution < -0.4 is 11.1 Å². The van der Waals surface area contributed by atoms with Crippen molar-refractivity contribution in [1.29, 1.82) is 5.41 Å². The molecule has 6 nitrogen and oxygen atoms in total. The number of carbonyl (C=O) groups excluding carboxylic acids is 2. The van der Waals surface area contributed by atoms with Crippen molar-refractivity contribution in [1.82, 2.24) is 5.32 Å². The molecule has 0 saturated heterocycles. The average molecular weight is 546 g/mol. The van der Waals surface area contributed by atoms with E-state index in [9.17, 15) is 9.59 Å². The van der Waals surface area contributed by atoms with Crippen LogP contribution in [0.4, 0.5) is 0 Å². The molecule has 1 amide bonds. The van der Waals surface area contributed by atoms with Gasteiger partial charge in [-0.15, -0.1) is 0 Å². The number of hydrogen-bond donors (Lipinski definition) is 3. The van der Waals surface area contributed by atoms with E-state index in [0.29, 0.717) is 11.1 Å². The molecule has 0 fully saturated rings. The van der Waals surface area contributed by atoms with Crippen LogP contribution in [0.2, 0.25) is 0 Å². The minimum Gasteiger partial charge on any atom is -0.469 e. The molecule has 4 N–H and O–H groups in total. The molecule has 0 aromatic heterocycles. The van der Waals surface area contributed by atoms with Crippen LogP contribution in [0.1, 0.15) is 39.5 Å². The lowest BCUT2D eigenvalue weighted by Gasteiger charge is -2.24. The van der Waals surface area contributed by atoms with E-state index in [2.05, 4.69) is 30.4 Å². The van der Waals surface area contributed by atoms with Crippen molar-refractivity contribution < 1.29 is 14.3 Å². The summed E-state index contributed by atoms with van der Waals surface area (Å²) in [5.41, 5.74) is 11.9. The zero-order valence-electron chi connectivity index (χ0n) is 23.3. The summed E-state index contributed by atoms with van der Waals surface area (Å²) in [7, 11) is 1.34. The SMILES string of the molecule is CCc1cccc(-c2ccc(C(=O)N[C@H](/C=C/c3ccccc3)[C@@H](Cc3cccc(C(=N)N)c3)C(=O)OC)cc2)c1. The van der Waals surface area contributed by atoms with Gasteiger partial charge in [0, 0.05) is 11.1 Å². The zero-order chi connectivity index (χ0) is 29.2. The molecule has 0 aliphatic heterocycles. The number of hydrogen-bond acceptors (Lipinski definition) is 4. The van der Waals surface area contributed by atoms with Crippen molar-refractivity contribution in [3.63, 3.8) is 0 Å². The van der Waals surface area contributed by atoms with Gasteiger partial charge < -0.3 is 15.8 Å². The Morgan fingerprint density at radius 2 is 1.56 bits per heavy atom. The second-order valence-electron chi connectivity index (χ2n) is 9.85. The van der Waals surface area contributed by atoms with E-state index in [1.54, 1.807) is 30.3 Å². The maximum Gasteiger partial charge on any atom is 0.311 e. The molecule has 0 heterocycles. The smallest absolute Gasteiger partial charge is 0.311 e. The number of aryl methyl sites for hydroxylation is 1. The van der Waals surface area contributed by atoms with Crippen LogP contribution in [0, 0.1) is 11.3 Å². The fraction of sp³-hybridized carbons (Fsp3) is 0.171. The first-order valence-electron chi connectivity index (χ1n) is 13.6. The van der Waals surface area contributed by atoms with Crippen LogP contribution in [0.3, 0.4) is 0 Å². The van der Waals surface area contributed by atoms with E-state index in [1.807, 2.05) is 66.7 Å². The van der Waals surface area contributed by atoms with Crippen molar-refractivity contribution in [2.45, 2.75) is 25.8 Å². The summed E-state index contributed by atoms with van der Waals surface area (Å²) in [4.78, 5) is 26.6. The standard InChI is InChI=1S/C35H35N3O3/c1-3-24-11-7-13-29(21-24)27-16-18-28(19-17-27)34(39)38-32(20-15-25-9-5-4-6-10-25)31(35(40)41-2)23-26-12-8-14-30(22-26)33(36)37/h4-22,31-32H,3,23H2,1-2H3,(H3,36,37)(H,38,39)/b20-15+/t31-,32-/m1/s1. The minimum absolute atomic E-state index is 0.0554. The van der Waals surface area contributed by atoms with E-state index in [-0.39, 0.29) is 18.2 Å². The first-order chi connectivity index (χ1) is 19.9. The molecule has 4 aromatic rings. The van der Waals surface area contributed by atoms with Crippen molar-refractivity contribution in [2.75, 3.05) is 7.11 Å². The molecule has 0 unspecified atom stereocenters. The first kappa shape index (κ1) is 29.0. The Bertz CT molecular complexity index is 1530. The highest BCUT2D eigenvalue weighted by atomic mass is 16.5. The molecule has 4 rings (SSSR count). The van der Waals surface area contributed by atoms with Crippen molar-refractivity contribution in [2.24, 2.45) is 11.7 Å². The van der Waals surface area contributed by atoms with Crippen LogP contribution in [0.5, 0.6) is 0 Å². The lowest BCUT2D eigenvalue weighted by atomic mass is 9.90. The van der Waals surface area contributed by atoms with E-state index >= 15 is 0 Å². The molecule has 2 atom stereocenters. The fourth-order valence-corrected chi connectivity index (χ4v) is 4.71. The normalized spacial score (nSPS) is 12.4. The number of amides is 1. The van der Waals surface area contributed by atoms with Crippen LogP contribution in [-0.2, 0) is 22.4 Å². The number of methoxy groups -OCH3 is 1. The Labute approximate surface area is 241 Å². The van der Waals surface area contributed by atoms with Gasteiger partial charge in [-0.05, 0) is 58.9 Å². The summed E-state index contributed by atoms with van der Waals surface area (Å²) in [5, 5.41) is 10.8. The summed E-state index contributed by atoms with van der Waals surface area (Å²) in [6.45, 7) is 2.12. The van der Waals surface area contributed by atoms with Gasteiger partial charge in [0.15, 0.2) is 0 Å². The predicted octanol–water partition coefficient (Wildman–Crippen LogP) is 6.04. The Morgan fingerprint density at radius 3 is 2.24 bits per heavy atom. The first-order valence-corrected chi connectivity index (χ1v) is 13.6. The fourth-order valence-electron chi connectivity index (χ4n) is 4.71. The Morgan fingerprint density at radius 1 is 0.854 bits per heavy atom. The monoisotopic (exact) mass is 545 g/mol. The minimum atomic E-state index is -0.720. The highest BCUT2D eigenvalue weighted by molar-refractivity contribution is 5.96. The number of benzene rings is 4. The number of rotatable bonds is 11. The summed E-state index contributed by atoms with van der Waals surface area (Å²) >= 11 is 0. The molecule has 4 aromatic carbocycles. The predicted molar refractivity (Wildman–Crippen MR) is 165 cm³/mol. The molecule has 0 saturated carbocycles. The zero-order valence-corrected chi connectivity index (χ0v) is 23.3. The highest BCUT2D eigenvalue weighted by Crippen LogP contribution is 2.23. The number of ether oxygens (including phenoxy) is 1. The van der Waals surface area contributed by atoms with Gasteiger partial charge in [-0.1, -0.05) is 104 Å². The Balaban J connectivity index is 1.62. The molecule has 0 aliphatic carbocycles. The summed E-state index contributed by atoms with van der Waals surface area (Å²) < 4.78 is 5.18. The van der Waals surface area contributed by atoms with Crippen LogP contribution in [-0.4, -0.2) is 30.9 Å². The van der Waals surface area contributed by atoms with Crippen molar-refractivity contribution in [3.05, 3.63) is 137 Å². The molecule has 0 spiro atoms. The number of carbonyl (C=O) groups is 2. The summed E-state index contributed by atoms with van der Waals surface area (Å²) in [6, 6.07) is 32.0. The average Bonchev–Trinajstić information content (AvgIpc) is 3.02. The van der Waals surface area contributed by atoms with Gasteiger partial charge >= 0.3 is 5.97 Å². The largest absolute Gasteiger partial charge is 0.469 e. The number of nitrogens with two attached hydrogens (primary N) is 1. The van der Waals surface area contributed by atoms with Crippen LogP contribution in [0.15, 0.2) is 109 Å². The number of amidine groups is 1. The topological polar surface area (TPSA) is 105 Å². The third kappa shape index (κ3) is 7.79. The van der Waals surface area contributed by atoms with E-state index in [0.717, 1.165) is 28.7 Å². The van der Waals surface area contributed by atoms with E-state index in [1.165, 1.54) is 12.7 Å². The molecule has 208 valence electrons. The second kappa shape index (κ2) is 13.9. The molecule has 0 aliphatic rings. The van der Waals surface area contributed by atoms with Gasteiger partial charge in [0.2, 0.25) is 0 Å². The van der Waals surface area contributed by atoms with Gasteiger partial charge in [-0.2, -0.15) is 0 Å². The van der Waals surface area contributed by atoms with Gasteiger partial charge in [-0.3, -0.25) is 15.0 Å².